The number of hydrogen-bond acceptors (Lipinski definition) is 5. The fraction of sp³-hybridized carbons (Fsp3) is 0.579. The molecule has 8 rings (SSSR count). The van der Waals surface area contributed by atoms with Gasteiger partial charge in [-0.05, 0) is 86.0 Å². The van der Waals surface area contributed by atoms with Gasteiger partial charge in [0.25, 0.3) is 0 Å². The lowest BCUT2D eigenvalue weighted by molar-refractivity contribution is -0.144. The highest BCUT2D eigenvalue weighted by molar-refractivity contribution is 6.00. The van der Waals surface area contributed by atoms with Crippen molar-refractivity contribution in [2.24, 2.45) is 11.3 Å². The molecule has 1 aromatic heterocycles. The van der Waals surface area contributed by atoms with Crippen molar-refractivity contribution < 1.29 is 19.1 Å². The molecule has 3 aliphatic heterocycles. The van der Waals surface area contributed by atoms with Crippen LogP contribution in [0.1, 0.15) is 99.0 Å². The summed E-state index contributed by atoms with van der Waals surface area (Å²) < 4.78 is 13.4. The number of methoxy groups -OCH3 is 2. The first kappa shape index (κ1) is 30.3. The Balaban J connectivity index is 0.00000160. The summed E-state index contributed by atoms with van der Waals surface area (Å²) in [5.74, 6) is 1.64. The summed E-state index contributed by atoms with van der Waals surface area (Å²) in [6, 6.07) is 13.2. The molecule has 240 valence electrons. The van der Waals surface area contributed by atoms with Crippen LogP contribution in [0.15, 0.2) is 36.4 Å². The van der Waals surface area contributed by atoms with Crippen LogP contribution in [0, 0.1) is 11.3 Å². The molecule has 5 aliphatic rings. The molecule has 7 nitrogen and oxygen atoms in total. The minimum Gasteiger partial charge on any atom is -0.497 e. The Morgan fingerprint density at radius 1 is 0.911 bits per heavy atom. The van der Waals surface area contributed by atoms with Crippen molar-refractivity contribution >= 4 is 22.8 Å². The van der Waals surface area contributed by atoms with Gasteiger partial charge in [-0.15, -0.1) is 0 Å². The molecule has 2 bridgehead atoms. The Hall–Kier alpha value is -3.32. The van der Waals surface area contributed by atoms with Gasteiger partial charge in [-0.2, -0.15) is 0 Å². The number of esters is 1. The molecule has 4 heterocycles. The first-order valence-electron chi connectivity index (χ1n) is 17.3. The zero-order valence-corrected chi connectivity index (χ0v) is 27.9. The highest BCUT2D eigenvalue weighted by Gasteiger charge is 2.71. The number of carbonyl (C=O) groups excluding carboxylic acids is 2. The molecule has 45 heavy (non-hydrogen) atoms. The normalized spacial score (nSPS) is 28.7. The lowest BCUT2D eigenvalue weighted by Crippen LogP contribution is -2.57. The van der Waals surface area contributed by atoms with Crippen LogP contribution < -0.4 is 4.74 Å². The number of ether oxygens (including phenoxy) is 2. The van der Waals surface area contributed by atoms with Gasteiger partial charge in [-0.1, -0.05) is 46.1 Å². The van der Waals surface area contributed by atoms with Gasteiger partial charge in [0.15, 0.2) is 0 Å². The van der Waals surface area contributed by atoms with Crippen LogP contribution in [0.4, 0.5) is 0 Å². The Morgan fingerprint density at radius 3 is 2.29 bits per heavy atom. The summed E-state index contributed by atoms with van der Waals surface area (Å²) in [6.07, 6.45) is 8.28. The topological polar surface area (TPSA) is 64.0 Å². The number of nitrogens with zero attached hydrogens (tertiary/aromatic N) is 3. The van der Waals surface area contributed by atoms with Gasteiger partial charge in [0, 0.05) is 54.1 Å². The van der Waals surface area contributed by atoms with Crippen LogP contribution >= 0.6 is 0 Å². The average Bonchev–Trinajstić information content (AvgIpc) is 3.45. The minimum absolute atomic E-state index is 0.127. The van der Waals surface area contributed by atoms with Crippen LogP contribution in [0.3, 0.4) is 0 Å². The van der Waals surface area contributed by atoms with E-state index in [9.17, 15) is 4.79 Å². The van der Waals surface area contributed by atoms with E-state index >= 15 is 4.79 Å². The molecule has 2 saturated heterocycles. The van der Waals surface area contributed by atoms with Crippen molar-refractivity contribution in [3.05, 3.63) is 53.1 Å². The summed E-state index contributed by atoms with van der Waals surface area (Å²) in [6.45, 7) is 8.81. The van der Waals surface area contributed by atoms with Gasteiger partial charge in [0.2, 0.25) is 5.91 Å². The van der Waals surface area contributed by atoms with Crippen LogP contribution in [-0.2, 0) is 16.1 Å². The molecule has 3 aromatic rings. The first-order chi connectivity index (χ1) is 21.9. The van der Waals surface area contributed by atoms with Crippen molar-refractivity contribution in [1.82, 2.24) is 14.4 Å². The Kier molecular flexibility index (Phi) is 7.74. The molecule has 7 heteroatoms. The number of hydrogen-bond donors (Lipinski definition) is 0. The molecule has 2 aliphatic carbocycles. The monoisotopic (exact) mass is 611 g/mol. The third kappa shape index (κ3) is 4.47. The van der Waals surface area contributed by atoms with Crippen molar-refractivity contribution in [3.8, 4) is 17.0 Å². The summed E-state index contributed by atoms with van der Waals surface area (Å²) in [5, 5.41) is 1.21. The third-order valence-electron chi connectivity index (χ3n) is 11.9. The van der Waals surface area contributed by atoms with Crippen LogP contribution in [-0.4, -0.2) is 72.7 Å². The number of likely N-dealkylation sites (N-methyl/N-ethyl adjacent to an activating group) is 1. The second-order valence-electron chi connectivity index (χ2n) is 14.0. The van der Waals surface area contributed by atoms with Gasteiger partial charge in [0.05, 0.1) is 30.9 Å². The number of fused-ring (bicyclic) bond motifs is 9. The van der Waals surface area contributed by atoms with Gasteiger partial charge in [-0.25, -0.2) is 4.79 Å². The van der Waals surface area contributed by atoms with Crippen LogP contribution in [0.25, 0.3) is 22.2 Å². The fourth-order valence-electron chi connectivity index (χ4n) is 9.78. The Bertz CT molecular complexity index is 1620. The quantitative estimate of drug-likeness (QED) is 0.292. The number of carbonyl (C=O) groups is 2. The predicted octanol–water partition coefficient (Wildman–Crippen LogP) is 7.22. The zero-order valence-electron chi connectivity index (χ0n) is 27.9. The van der Waals surface area contributed by atoms with Crippen molar-refractivity contribution in [2.45, 2.75) is 96.2 Å². The maximum absolute atomic E-state index is 15.1. The second-order valence-corrected chi connectivity index (χ2v) is 14.0. The number of benzene rings is 2. The van der Waals surface area contributed by atoms with E-state index in [2.05, 4.69) is 52.6 Å². The van der Waals surface area contributed by atoms with Crippen molar-refractivity contribution in [3.63, 3.8) is 0 Å². The summed E-state index contributed by atoms with van der Waals surface area (Å²) in [4.78, 5) is 32.5. The molecule has 5 atom stereocenters. The number of rotatable bonds is 4. The predicted molar refractivity (Wildman–Crippen MR) is 178 cm³/mol. The number of piperazine rings is 1. The molecule has 0 radical (unpaired) electrons. The summed E-state index contributed by atoms with van der Waals surface area (Å²) >= 11 is 0. The maximum atomic E-state index is 15.1. The van der Waals surface area contributed by atoms with E-state index in [-0.39, 0.29) is 29.9 Å². The Labute approximate surface area is 267 Å². The fourth-order valence-corrected chi connectivity index (χ4v) is 9.78. The molecule has 0 spiro atoms. The molecule has 0 N–H and O–H groups in total. The molecule has 1 amide bonds. The molecular weight excluding hydrogens is 562 g/mol. The van der Waals surface area contributed by atoms with E-state index in [4.69, 9.17) is 9.47 Å². The molecule has 2 saturated carbocycles. The molecule has 2 aromatic carbocycles. The minimum atomic E-state index is -0.528. The highest BCUT2D eigenvalue weighted by Crippen LogP contribution is 2.70. The second kappa shape index (κ2) is 11.5. The van der Waals surface area contributed by atoms with E-state index in [0.717, 1.165) is 37.2 Å². The van der Waals surface area contributed by atoms with Crippen molar-refractivity contribution in [2.75, 3.05) is 34.4 Å². The van der Waals surface area contributed by atoms with Crippen LogP contribution in [0.5, 0.6) is 5.75 Å². The summed E-state index contributed by atoms with van der Waals surface area (Å²) in [5.41, 5.74) is 6.19. The molecular formula is C38H49N3O4. The lowest BCUT2D eigenvalue weighted by Gasteiger charge is -2.41. The van der Waals surface area contributed by atoms with Gasteiger partial charge in [-0.3, -0.25) is 4.79 Å². The van der Waals surface area contributed by atoms with E-state index < -0.39 is 5.41 Å². The van der Waals surface area contributed by atoms with Gasteiger partial charge >= 0.3 is 5.97 Å². The number of likely N-dealkylation sites (tertiary alicyclic amines) is 1. The Morgan fingerprint density at radius 2 is 1.62 bits per heavy atom. The highest BCUT2D eigenvalue weighted by atomic mass is 16.5. The molecule has 4 unspecified atom stereocenters. The first-order valence-corrected chi connectivity index (χ1v) is 17.3. The number of amides is 1. The zero-order chi connectivity index (χ0) is 31.6. The summed E-state index contributed by atoms with van der Waals surface area (Å²) in [7, 11) is 5.36. The third-order valence-corrected chi connectivity index (χ3v) is 11.9. The lowest BCUT2D eigenvalue weighted by atomic mass is 9.81. The standard InChI is InChI=1S/C36H43N3O4.C2H6/c1-21-32-29-17-26(42-3)13-15-27(29)33-31(22-8-6-5-7-9-22)28-14-10-23(34(40)43-4)16-30(28)38(33)20-36(21,32)35(41)39-24-11-12-25(39)19-37(2)18-24;1-2/h10,13-17,21-22,24-25,32H,5-9,11-12,18-20H2,1-4H3;1-2H3/t21-,24?,25?,32?,36?;/m0./s1. The van der Waals surface area contributed by atoms with Crippen molar-refractivity contribution in [1.29, 1.82) is 0 Å². The van der Waals surface area contributed by atoms with E-state index in [1.807, 2.05) is 26.0 Å². The van der Waals surface area contributed by atoms with Gasteiger partial charge < -0.3 is 23.8 Å². The smallest absolute Gasteiger partial charge is 0.337 e. The van der Waals surface area contributed by atoms with E-state index in [0.29, 0.717) is 23.9 Å². The SMILES string of the molecule is CC.COC(=O)c1ccc2c(C3CCCCC3)c3n(c2c1)CC1(C(=O)N2C4CCC2CN(C)C4)C(c2cc(OC)ccc2-3)[C@@H]1C. The van der Waals surface area contributed by atoms with Gasteiger partial charge in [0.1, 0.15) is 5.75 Å². The number of aromatic nitrogens is 1. The van der Waals surface area contributed by atoms with E-state index in [1.165, 1.54) is 67.0 Å². The largest absolute Gasteiger partial charge is 0.497 e. The average molecular weight is 612 g/mol. The molecule has 4 fully saturated rings. The van der Waals surface area contributed by atoms with Crippen LogP contribution in [0.2, 0.25) is 0 Å². The maximum Gasteiger partial charge on any atom is 0.337 e. The van der Waals surface area contributed by atoms with E-state index in [1.54, 1.807) is 7.11 Å².